The lowest BCUT2D eigenvalue weighted by molar-refractivity contribution is -0.136. The molecule has 0 radical (unpaired) electrons. The van der Waals surface area contributed by atoms with Crippen LogP contribution in [0.4, 0.5) is 29.5 Å². The minimum atomic E-state index is -4.58. The number of hydrogen-bond donors (Lipinski definition) is 2. The van der Waals surface area contributed by atoms with Crippen molar-refractivity contribution in [1.82, 2.24) is 9.78 Å². The van der Waals surface area contributed by atoms with E-state index < -0.39 is 17.8 Å². The average molecular weight is 416 g/mol. The molecule has 0 atom stereocenters. The predicted octanol–water partition coefficient (Wildman–Crippen LogP) is 6.14. The number of rotatable bonds is 3. The van der Waals surface area contributed by atoms with Gasteiger partial charge in [-0.1, -0.05) is 50.6 Å². The van der Waals surface area contributed by atoms with Crippen molar-refractivity contribution in [1.29, 1.82) is 0 Å². The van der Waals surface area contributed by atoms with Crippen molar-refractivity contribution in [2.45, 2.75) is 39.3 Å². The summed E-state index contributed by atoms with van der Waals surface area (Å²) in [6.45, 7) is 7.91. The molecule has 0 unspecified atom stereocenters. The molecule has 0 aliphatic rings. The number of carbonyl (C=O) groups excluding carboxylic acids is 1. The van der Waals surface area contributed by atoms with E-state index in [4.69, 9.17) is 0 Å². The Kier molecular flexibility index (Phi) is 5.61. The van der Waals surface area contributed by atoms with Crippen LogP contribution in [0.3, 0.4) is 0 Å². The zero-order valence-electron chi connectivity index (χ0n) is 17.1. The van der Waals surface area contributed by atoms with Crippen LogP contribution in [-0.4, -0.2) is 15.8 Å². The van der Waals surface area contributed by atoms with Crippen LogP contribution in [0.15, 0.2) is 54.6 Å². The van der Waals surface area contributed by atoms with Crippen LogP contribution in [0.5, 0.6) is 0 Å². The number of carbonyl (C=O) groups is 1. The Balaban J connectivity index is 1.92. The second kappa shape index (κ2) is 7.85. The standard InChI is InChI=1S/C22H23F3N4O/c1-14-9-11-15(12-10-14)29-19(13-18(28-29)21(2,3)4)27-20(30)26-17-8-6-5-7-16(17)22(23,24)25/h5-13H,1-4H3,(H2,26,27,30). The molecule has 0 fully saturated rings. The second-order valence-electron chi connectivity index (χ2n) is 8.03. The molecule has 0 saturated carbocycles. The lowest BCUT2D eigenvalue weighted by atomic mass is 9.92. The smallest absolute Gasteiger partial charge is 0.307 e. The average Bonchev–Trinajstić information content (AvgIpc) is 3.06. The van der Waals surface area contributed by atoms with Gasteiger partial charge in [0.15, 0.2) is 0 Å². The largest absolute Gasteiger partial charge is 0.418 e. The molecule has 30 heavy (non-hydrogen) atoms. The number of halogens is 3. The van der Waals surface area contributed by atoms with Gasteiger partial charge in [-0.15, -0.1) is 0 Å². The van der Waals surface area contributed by atoms with Gasteiger partial charge in [-0.2, -0.15) is 18.3 Å². The number of hydrogen-bond acceptors (Lipinski definition) is 2. The highest BCUT2D eigenvalue weighted by Gasteiger charge is 2.33. The number of para-hydroxylation sites is 1. The Bertz CT molecular complexity index is 1050. The van der Waals surface area contributed by atoms with Crippen LogP contribution in [0.25, 0.3) is 5.69 Å². The van der Waals surface area contributed by atoms with Crippen LogP contribution in [0.2, 0.25) is 0 Å². The van der Waals surface area contributed by atoms with E-state index in [2.05, 4.69) is 15.7 Å². The Labute approximate surface area is 172 Å². The maximum Gasteiger partial charge on any atom is 0.418 e. The van der Waals surface area contributed by atoms with Gasteiger partial charge in [0, 0.05) is 11.5 Å². The van der Waals surface area contributed by atoms with Gasteiger partial charge in [0.2, 0.25) is 0 Å². The molecule has 1 heterocycles. The Morgan fingerprint density at radius 2 is 1.60 bits per heavy atom. The summed E-state index contributed by atoms with van der Waals surface area (Å²) in [5.41, 5.74) is 1.00. The Morgan fingerprint density at radius 1 is 0.967 bits per heavy atom. The number of amides is 2. The van der Waals surface area contributed by atoms with Crippen LogP contribution in [-0.2, 0) is 11.6 Å². The summed E-state index contributed by atoms with van der Waals surface area (Å²) in [5.74, 6) is 0.353. The first-order valence-electron chi connectivity index (χ1n) is 9.37. The van der Waals surface area contributed by atoms with Gasteiger partial charge in [0.05, 0.1) is 22.6 Å². The van der Waals surface area contributed by atoms with Crippen LogP contribution in [0, 0.1) is 6.92 Å². The molecule has 2 N–H and O–H groups in total. The van der Waals surface area contributed by atoms with E-state index in [-0.39, 0.29) is 11.1 Å². The second-order valence-corrected chi connectivity index (χ2v) is 8.03. The first kappa shape index (κ1) is 21.4. The zero-order chi connectivity index (χ0) is 22.1. The number of aromatic nitrogens is 2. The SMILES string of the molecule is Cc1ccc(-n2nc(C(C)(C)C)cc2NC(=O)Nc2ccccc2C(F)(F)F)cc1. The van der Waals surface area contributed by atoms with Crippen LogP contribution >= 0.6 is 0 Å². The minimum absolute atomic E-state index is 0.286. The molecular weight excluding hydrogens is 393 g/mol. The topological polar surface area (TPSA) is 59.0 Å². The number of benzene rings is 2. The van der Waals surface area contributed by atoms with Crippen molar-refractivity contribution >= 4 is 17.5 Å². The monoisotopic (exact) mass is 416 g/mol. The van der Waals surface area contributed by atoms with Crippen molar-refractivity contribution < 1.29 is 18.0 Å². The Hall–Kier alpha value is -3.29. The van der Waals surface area contributed by atoms with Crippen molar-refractivity contribution in [2.75, 3.05) is 10.6 Å². The van der Waals surface area contributed by atoms with Crippen molar-refractivity contribution in [3.05, 3.63) is 71.4 Å². The van der Waals surface area contributed by atoms with E-state index in [0.717, 1.165) is 23.0 Å². The van der Waals surface area contributed by atoms with Crippen molar-refractivity contribution in [3.8, 4) is 5.69 Å². The maximum atomic E-state index is 13.2. The molecule has 2 amide bonds. The zero-order valence-corrected chi connectivity index (χ0v) is 17.1. The minimum Gasteiger partial charge on any atom is -0.307 e. The molecule has 3 rings (SSSR count). The summed E-state index contributed by atoms with van der Waals surface area (Å²) in [6, 6.07) is 13.3. The van der Waals surface area contributed by atoms with E-state index in [1.54, 1.807) is 10.7 Å². The maximum absolute atomic E-state index is 13.2. The van der Waals surface area contributed by atoms with Crippen LogP contribution < -0.4 is 10.6 Å². The molecule has 3 aromatic rings. The van der Waals surface area contributed by atoms with Gasteiger partial charge < -0.3 is 5.32 Å². The lowest BCUT2D eigenvalue weighted by Crippen LogP contribution is -2.23. The third-order valence-electron chi connectivity index (χ3n) is 4.48. The van der Waals surface area contributed by atoms with Gasteiger partial charge >= 0.3 is 12.2 Å². The molecule has 0 spiro atoms. The first-order valence-corrected chi connectivity index (χ1v) is 9.37. The van der Waals surface area contributed by atoms with E-state index in [1.165, 1.54) is 18.2 Å². The van der Waals surface area contributed by atoms with E-state index in [9.17, 15) is 18.0 Å². The van der Waals surface area contributed by atoms with Crippen LogP contribution in [0.1, 0.15) is 37.6 Å². The highest BCUT2D eigenvalue weighted by Crippen LogP contribution is 2.34. The van der Waals surface area contributed by atoms with Gasteiger partial charge in [-0.05, 0) is 31.2 Å². The number of aryl methyl sites for hydroxylation is 1. The summed E-state index contributed by atoms with van der Waals surface area (Å²) in [4.78, 5) is 12.5. The molecule has 0 aliphatic carbocycles. The number of alkyl halides is 3. The fraction of sp³-hybridized carbons (Fsp3) is 0.273. The molecule has 0 saturated heterocycles. The molecular formula is C22H23F3N4O. The van der Waals surface area contributed by atoms with Crippen molar-refractivity contribution in [2.24, 2.45) is 0 Å². The van der Waals surface area contributed by atoms with Crippen molar-refractivity contribution in [3.63, 3.8) is 0 Å². The number of nitrogens with one attached hydrogen (secondary N) is 2. The van der Waals surface area contributed by atoms with E-state index in [1.807, 2.05) is 52.0 Å². The molecule has 158 valence electrons. The van der Waals surface area contributed by atoms with Gasteiger partial charge in [0.1, 0.15) is 5.82 Å². The quantitative estimate of drug-likeness (QED) is 0.539. The first-order chi connectivity index (χ1) is 13.9. The number of anilines is 2. The highest BCUT2D eigenvalue weighted by atomic mass is 19.4. The molecule has 0 bridgehead atoms. The fourth-order valence-corrected chi connectivity index (χ4v) is 2.83. The third-order valence-corrected chi connectivity index (χ3v) is 4.48. The molecule has 5 nitrogen and oxygen atoms in total. The summed E-state index contributed by atoms with van der Waals surface area (Å²) < 4.78 is 41.1. The summed E-state index contributed by atoms with van der Waals surface area (Å²) in [6.07, 6.45) is -4.58. The lowest BCUT2D eigenvalue weighted by Gasteiger charge is -2.14. The summed E-state index contributed by atoms with van der Waals surface area (Å²) in [5, 5.41) is 9.51. The number of nitrogens with zero attached hydrogens (tertiary/aromatic N) is 2. The van der Waals surface area contributed by atoms with Gasteiger partial charge in [0.25, 0.3) is 0 Å². The van der Waals surface area contributed by atoms with E-state index in [0.29, 0.717) is 5.82 Å². The highest BCUT2D eigenvalue weighted by molar-refractivity contribution is 6.00. The Morgan fingerprint density at radius 3 is 2.20 bits per heavy atom. The van der Waals surface area contributed by atoms with Gasteiger partial charge in [-0.25, -0.2) is 9.48 Å². The fourth-order valence-electron chi connectivity index (χ4n) is 2.83. The molecule has 2 aromatic carbocycles. The molecule has 1 aromatic heterocycles. The molecule has 8 heteroatoms. The van der Waals surface area contributed by atoms with Gasteiger partial charge in [-0.3, -0.25) is 5.32 Å². The molecule has 0 aliphatic heterocycles. The number of urea groups is 1. The normalized spacial score (nSPS) is 12.0. The summed E-state index contributed by atoms with van der Waals surface area (Å²) >= 11 is 0. The summed E-state index contributed by atoms with van der Waals surface area (Å²) in [7, 11) is 0. The third kappa shape index (κ3) is 4.82. The predicted molar refractivity (Wildman–Crippen MR) is 111 cm³/mol. The van der Waals surface area contributed by atoms with E-state index >= 15 is 0 Å².